The minimum Gasteiger partial charge on any atom is -0.310 e. The Labute approximate surface area is 380 Å². The summed E-state index contributed by atoms with van der Waals surface area (Å²) in [6.45, 7) is 4.73. The summed E-state index contributed by atoms with van der Waals surface area (Å²) in [4.78, 5) is 2.50. The first-order chi connectivity index (χ1) is 32.0. The van der Waals surface area contributed by atoms with E-state index in [2.05, 4.69) is 260 Å². The SMILES string of the molecule is CC1(C)c2ccccc2-c2ccc(N(c3cc(-c4ccccc4)cc(-c4ccccc4)c3)c3cccc4c3cc(-c3ccccc3)n3nc(-c5ccccc5)c(-c5ccccc5)c43)cc21. The van der Waals surface area contributed by atoms with Gasteiger partial charge in [-0.25, -0.2) is 4.52 Å². The van der Waals surface area contributed by atoms with E-state index in [1.165, 1.54) is 33.4 Å². The van der Waals surface area contributed by atoms with Crippen LogP contribution < -0.4 is 4.90 Å². The summed E-state index contributed by atoms with van der Waals surface area (Å²) in [5.74, 6) is 0. The van der Waals surface area contributed by atoms with Gasteiger partial charge in [0.1, 0.15) is 5.69 Å². The summed E-state index contributed by atoms with van der Waals surface area (Å²) >= 11 is 0. The Balaban J connectivity index is 1.20. The molecule has 0 bridgehead atoms. The van der Waals surface area contributed by atoms with Crippen molar-refractivity contribution >= 4 is 33.4 Å². The van der Waals surface area contributed by atoms with E-state index < -0.39 is 0 Å². The lowest BCUT2D eigenvalue weighted by atomic mass is 9.82. The van der Waals surface area contributed by atoms with Gasteiger partial charge in [-0.3, -0.25) is 0 Å². The van der Waals surface area contributed by atoms with Crippen LogP contribution in [0.2, 0.25) is 0 Å². The predicted molar refractivity (Wildman–Crippen MR) is 272 cm³/mol. The van der Waals surface area contributed by atoms with Crippen LogP contribution in [0.1, 0.15) is 25.0 Å². The van der Waals surface area contributed by atoms with Crippen LogP contribution in [0.15, 0.2) is 237 Å². The van der Waals surface area contributed by atoms with Crippen molar-refractivity contribution in [2.24, 2.45) is 0 Å². The first-order valence-electron chi connectivity index (χ1n) is 22.5. The molecule has 2 heterocycles. The summed E-state index contributed by atoms with van der Waals surface area (Å²) in [7, 11) is 0. The van der Waals surface area contributed by atoms with Crippen LogP contribution in [0.5, 0.6) is 0 Å². The van der Waals surface area contributed by atoms with Crippen LogP contribution in [0.3, 0.4) is 0 Å². The number of rotatable bonds is 8. The molecule has 0 atom stereocenters. The number of aromatic nitrogens is 2. The highest BCUT2D eigenvalue weighted by Crippen LogP contribution is 2.52. The molecule has 0 N–H and O–H groups in total. The second-order valence-corrected chi connectivity index (χ2v) is 17.6. The molecule has 0 saturated heterocycles. The number of anilines is 3. The Morgan fingerprint density at radius 1 is 0.385 bits per heavy atom. The predicted octanol–water partition coefficient (Wildman–Crippen LogP) is 16.6. The molecule has 3 heteroatoms. The van der Waals surface area contributed by atoms with Crippen molar-refractivity contribution in [1.82, 2.24) is 9.61 Å². The van der Waals surface area contributed by atoms with E-state index in [0.717, 1.165) is 78.1 Å². The summed E-state index contributed by atoms with van der Waals surface area (Å²) < 4.78 is 2.19. The number of benzene rings is 9. The summed E-state index contributed by atoms with van der Waals surface area (Å²) in [6.07, 6.45) is 0. The maximum Gasteiger partial charge on any atom is 0.101 e. The minimum absolute atomic E-state index is 0.184. The second-order valence-electron chi connectivity index (χ2n) is 17.6. The molecule has 0 radical (unpaired) electrons. The zero-order chi connectivity index (χ0) is 43.5. The van der Waals surface area contributed by atoms with E-state index in [9.17, 15) is 0 Å². The fourth-order valence-corrected chi connectivity index (χ4v) is 10.2. The Kier molecular flexibility index (Phi) is 9.17. The topological polar surface area (TPSA) is 20.5 Å². The molecule has 1 aliphatic carbocycles. The summed E-state index contributed by atoms with van der Waals surface area (Å²) in [5, 5.41) is 7.80. The highest BCUT2D eigenvalue weighted by molar-refractivity contribution is 6.13. The molecule has 0 unspecified atom stereocenters. The molecular weight excluding hydrogens is 787 g/mol. The molecule has 3 nitrogen and oxygen atoms in total. The van der Waals surface area contributed by atoms with Crippen molar-refractivity contribution in [2.45, 2.75) is 19.3 Å². The lowest BCUT2D eigenvalue weighted by Gasteiger charge is -2.30. The van der Waals surface area contributed by atoms with Gasteiger partial charge in [-0.2, -0.15) is 5.10 Å². The standard InChI is InChI=1S/C62H45N3/c1-62(2)55-33-19-18-31-51(55)52-36-35-49(40-56(52)62)64(50-38-47(42-21-8-3-9-22-42)37-48(39-50)43-23-10-4-11-24-43)57-34-20-32-53-54(57)41-58(44-25-12-5-13-26-44)65-61(53)59(45-27-14-6-15-28-45)60(63-65)46-29-16-7-17-30-46/h3-41H,1-2H3. The third kappa shape index (κ3) is 6.47. The Hall–Kier alpha value is -8.27. The van der Waals surface area contributed by atoms with Gasteiger partial charge in [0.25, 0.3) is 0 Å². The third-order valence-corrected chi connectivity index (χ3v) is 13.4. The average molecular weight is 832 g/mol. The molecule has 0 aliphatic heterocycles. The number of fused-ring (bicyclic) bond motifs is 6. The summed E-state index contributed by atoms with van der Waals surface area (Å²) in [6, 6.07) is 85.9. The first kappa shape index (κ1) is 38.4. The van der Waals surface area contributed by atoms with Gasteiger partial charge in [-0.05, 0) is 92.5 Å². The Morgan fingerprint density at radius 3 is 1.55 bits per heavy atom. The maximum absolute atomic E-state index is 5.55. The lowest BCUT2D eigenvalue weighted by Crippen LogP contribution is -2.17. The zero-order valence-electron chi connectivity index (χ0n) is 36.4. The van der Waals surface area contributed by atoms with Crippen molar-refractivity contribution in [3.8, 4) is 67.0 Å². The lowest BCUT2D eigenvalue weighted by molar-refractivity contribution is 0.660. The molecule has 9 aromatic carbocycles. The van der Waals surface area contributed by atoms with Gasteiger partial charge in [-0.15, -0.1) is 0 Å². The Morgan fingerprint density at radius 2 is 0.923 bits per heavy atom. The molecular formula is C62H45N3. The number of nitrogens with zero attached hydrogens (tertiary/aromatic N) is 3. The van der Waals surface area contributed by atoms with Gasteiger partial charge in [0.05, 0.1) is 16.9 Å². The van der Waals surface area contributed by atoms with Gasteiger partial charge < -0.3 is 4.90 Å². The molecule has 0 fully saturated rings. The normalized spacial score (nSPS) is 12.6. The van der Waals surface area contributed by atoms with Crippen LogP contribution in [0, 0.1) is 0 Å². The van der Waals surface area contributed by atoms with Crippen molar-refractivity contribution in [1.29, 1.82) is 0 Å². The second kappa shape index (κ2) is 15.5. The van der Waals surface area contributed by atoms with Crippen molar-refractivity contribution in [2.75, 3.05) is 4.90 Å². The van der Waals surface area contributed by atoms with Gasteiger partial charge in [0.15, 0.2) is 0 Å². The molecule has 11 aromatic rings. The maximum atomic E-state index is 5.55. The minimum atomic E-state index is -0.184. The first-order valence-corrected chi connectivity index (χ1v) is 22.5. The van der Waals surface area contributed by atoms with Crippen LogP contribution >= 0.6 is 0 Å². The van der Waals surface area contributed by atoms with Crippen LogP contribution in [0.25, 0.3) is 83.3 Å². The number of hydrogen-bond donors (Lipinski definition) is 0. The van der Waals surface area contributed by atoms with Crippen molar-refractivity contribution in [3.63, 3.8) is 0 Å². The average Bonchev–Trinajstić information content (AvgIpc) is 3.88. The molecule has 2 aromatic heterocycles. The van der Waals surface area contributed by atoms with Crippen LogP contribution in [-0.4, -0.2) is 9.61 Å². The van der Waals surface area contributed by atoms with E-state index in [-0.39, 0.29) is 5.41 Å². The van der Waals surface area contributed by atoms with Gasteiger partial charge in [0, 0.05) is 44.3 Å². The monoisotopic (exact) mass is 831 g/mol. The van der Waals surface area contributed by atoms with E-state index in [1.54, 1.807) is 0 Å². The molecule has 65 heavy (non-hydrogen) atoms. The molecule has 0 amide bonds. The van der Waals surface area contributed by atoms with Crippen LogP contribution in [0.4, 0.5) is 17.1 Å². The van der Waals surface area contributed by atoms with Crippen molar-refractivity contribution < 1.29 is 0 Å². The largest absolute Gasteiger partial charge is 0.310 e. The quantitative estimate of drug-likeness (QED) is 0.152. The fraction of sp³-hybridized carbons (Fsp3) is 0.0484. The van der Waals surface area contributed by atoms with Gasteiger partial charge in [-0.1, -0.05) is 208 Å². The zero-order valence-corrected chi connectivity index (χ0v) is 36.4. The molecule has 1 aliphatic rings. The van der Waals surface area contributed by atoms with E-state index in [1.807, 2.05) is 0 Å². The van der Waals surface area contributed by atoms with Crippen molar-refractivity contribution in [3.05, 3.63) is 248 Å². The highest BCUT2D eigenvalue weighted by Gasteiger charge is 2.36. The van der Waals surface area contributed by atoms with Gasteiger partial charge >= 0.3 is 0 Å². The summed E-state index contributed by atoms with van der Waals surface area (Å²) in [5.41, 5.74) is 20.5. The van der Waals surface area contributed by atoms with E-state index >= 15 is 0 Å². The number of pyridine rings is 1. The molecule has 0 spiro atoms. The number of hydrogen-bond acceptors (Lipinski definition) is 2. The highest BCUT2D eigenvalue weighted by atomic mass is 15.2. The fourth-order valence-electron chi connectivity index (χ4n) is 10.2. The third-order valence-electron chi connectivity index (χ3n) is 13.4. The molecule has 308 valence electrons. The molecule has 0 saturated carbocycles. The Bertz CT molecular complexity index is 3480. The van der Waals surface area contributed by atoms with Crippen LogP contribution in [-0.2, 0) is 5.41 Å². The molecule has 12 rings (SSSR count). The van der Waals surface area contributed by atoms with Gasteiger partial charge in [0.2, 0.25) is 0 Å². The smallest absolute Gasteiger partial charge is 0.101 e. The van der Waals surface area contributed by atoms with E-state index in [4.69, 9.17) is 5.10 Å². The van der Waals surface area contributed by atoms with E-state index in [0.29, 0.717) is 0 Å².